The highest BCUT2D eigenvalue weighted by atomic mass is 32.2. The van der Waals surface area contributed by atoms with Crippen molar-refractivity contribution in [3.63, 3.8) is 0 Å². The van der Waals surface area contributed by atoms with Gasteiger partial charge in [-0.15, -0.1) is 0 Å². The molecule has 2 aromatic carbocycles. The van der Waals surface area contributed by atoms with Crippen LogP contribution in [0.25, 0.3) is 0 Å². The van der Waals surface area contributed by atoms with Gasteiger partial charge in [-0.3, -0.25) is 13.9 Å². The number of hydrogen-bond donors (Lipinski definition) is 0. The second-order valence-corrected chi connectivity index (χ2v) is 7.67. The molecule has 0 unspecified atom stereocenters. The lowest BCUT2D eigenvalue weighted by molar-refractivity contribution is 0.0980. The molecule has 5 nitrogen and oxygen atoms in total. The van der Waals surface area contributed by atoms with Crippen molar-refractivity contribution < 1.29 is 18.0 Å². The van der Waals surface area contributed by atoms with Crippen LogP contribution in [-0.4, -0.2) is 26.5 Å². The molecule has 0 atom stereocenters. The van der Waals surface area contributed by atoms with E-state index in [0.29, 0.717) is 16.8 Å². The highest BCUT2D eigenvalue weighted by Gasteiger charge is 2.33. The van der Waals surface area contributed by atoms with Gasteiger partial charge in [0.15, 0.2) is 11.6 Å². The minimum absolute atomic E-state index is 0.0544. The van der Waals surface area contributed by atoms with Gasteiger partial charge in [0.1, 0.15) is 0 Å². The van der Waals surface area contributed by atoms with Gasteiger partial charge in [0.25, 0.3) is 10.0 Å². The van der Waals surface area contributed by atoms with E-state index in [2.05, 4.69) is 0 Å². The van der Waals surface area contributed by atoms with Crippen LogP contribution in [0, 0.1) is 6.92 Å². The van der Waals surface area contributed by atoms with Crippen molar-refractivity contribution in [3.8, 4) is 0 Å². The average molecular weight is 343 g/mol. The van der Waals surface area contributed by atoms with Gasteiger partial charge in [-0.25, -0.2) is 8.42 Å². The summed E-state index contributed by atoms with van der Waals surface area (Å²) in [4.78, 5) is 23.7. The van der Waals surface area contributed by atoms with E-state index in [1.165, 1.54) is 23.4 Å². The molecule has 0 radical (unpaired) electrons. The molecular weight excluding hydrogens is 326 g/mol. The first-order chi connectivity index (χ1) is 11.3. The van der Waals surface area contributed by atoms with Crippen molar-refractivity contribution in [2.24, 2.45) is 0 Å². The fourth-order valence-corrected chi connectivity index (χ4v) is 4.50. The van der Waals surface area contributed by atoms with Crippen molar-refractivity contribution in [2.45, 2.75) is 25.2 Å². The number of anilines is 1. The first kappa shape index (κ1) is 16.4. The number of Topliss-reactive ketones (excluding diaryl/α,β-unsaturated/α-hetero) is 2. The largest absolute Gasteiger partial charge is 0.295 e. The van der Waals surface area contributed by atoms with E-state index >= 15 is 0 Å². The minimum Gasteiger partial charge on any atom is -0.295 e. The fourth-order valence-electron chi connectivity index (χ4n) is 2.91. The molecule has 0 saturated carbocycles. The quantitative estimate of drug-likeness (QED) is 0.803. The molecule has 0 saturated heterocycles. The summed E-state index contributed by atoms with van der Waals surface area (Å²) in [5.74, 6) is -0.255. The molecule has 0 amide bonds. The molecule has 6 heteroatoms. The molecule has 0 fully saturated rings. The number of para-hydroxylation sites is 1. The third kappa shape index (κ3) is 2.63. The number of nitrogens with zero attached hydrogens (tertiary/aromatic N) is 1. The third-order valence-corrected chi connectivity index (χ3v) is 5.95. The summed E-state index contributed by atoms with van der Waals surface area (Å²) in [6, 6.07) is 11.2. The van der Waals surface area contributed by atoms with Crippen molar-refractivity contribution in [2.75, 3.05) is 10.8 Å². The molecule has 124 valence electrons. The van der Waals surface area contributed by atoms with Gasteiger partial charge in [-0.05, 0) is 37.6 Å². The van der Waals surface area contributed by atoms with Gasteiger partial charge >= 0.3 is 0 Å². The first-order valence-electron chi connectivity index (χ1n) is 7.59. The minimum atomic E-state index is -3.85. The van der Waals surface area contributed by atoms with E-state index in [9.17, 15) is 18.0 Å². The number of carbonyl (C=O) groups is 2. The Labute approximate surface area is 141 Å². The molecule has 0 N–H and O–H groups in total. The molecule has 24 heavy (non-hydrogen) atoms. The third-order valence-electron chi connectivity index (χ3n) is 4.16. The van der Waals surface area contributed by atoms with E-state index < -0.39 is 10.0 Å². The summed E-state index contributed by atoms with van der Waals surface area (Å²) in [7, 11) is -3.85. The predicted molar refractivity (Wildman–Crippen MR) is 91.1 cm³/mol. The van der Waals surface area contributed by atoms with Crippen molar-refractivity contribution >= 4 is 27.3 Å². The molecule has 2 aromatic rings. The second-order valence-electron chi connectivity index (χ2n) is 5.81. The lowest BCUT2D eigenvalue weighted by Crippen LogP contribution is -2.38. The van der Waals surface area contributed by atoms with Gasteiger partial charge in [0, 0.05) is 24.1 Å². The molecule has 0 spiro atoms. The number of rotatable bonds is 3. The lowest BCUT2D eigenvalue weighted by Gasteiger charge is -2.31. The molecule has 1 aliphatic heterocycles. The number of aryl methyl sites for hydroxylation is 1. The topological polar surface area (TPSA) is 71.5 Å². The second kappa shape index (κ2) is 5.87. The van der Waals surface area contributed by atoms with Crippen molar-refractivity contribution in [1.82, 2.24) is 0 Å². The lowest BCUT2D eigenvalue weighted by atomic mass is 9.99. The summed E-state index contributed by atoms with van der Waals surface area (Å²) in [5.41, 5.74) is 1.93. The van der Waals surface area contributed by atoms with Crippen LogP contribution < -0.4 is 4.31 Å². The van der Waals surface area contributed by atoms with Crippen LogP contribution in [0.5, 0.6) is 0 Å². The van der Waals surface area contributed by atoms with Gasteiger partial charge in [0.05, 0.1) is 10.6 Å². The van der Waals surface area contributed by atoms with Crippen molar-refractivity contribution in [1.29, 1.82) is 0 Å². The number of fused-ring (bicyclic) bond motifs is 1. The normalized spacial score (nSPS) is 14.4. The smallest absolute Gasteiger partial charge is 0.264 e. The van der Waals surface area contributed by atoms with Gasteiger partial charge < -0.3 is 0 Å². The Bertz CT molecular complexity index is 947. The van der Waals surface area contributed by atoms with E-state index in [-0.39, 0.29) is 29.4 Å². The predicted octanol–water partition coefficient (Wildman–Crippen LogP) is 2.98. The zero-order valence-corrected chi connectivity index (χ0v) is 14.3. The monoisotopic (exact) mass is 343 g/mol. The molecule has 0 aromatic heterocycles. The van der Waals surface area contributed by atoms with Crippen LogP contribution >= 0.6 is 0 Å². The Morgan fingerprint density at radius 2 is 1.83 bits per heavy atom. The molecule has 1 heterocycles. The maximum Gasteiger partial charge on any atom is 0.264 e. The van der Waals surface area contributed by atoms with Gasteiger partial charge in [-0.2, -0.15) is 0 Å². The average Bonchev–Trinajstić information content (AvgIpc) is 2.56. The summed E-state index contributed by atoms with van der Waals surface area (Å²) >= 11 is 0. The van der Waals surface area contributed by atoms with Gasteiger partial charge in [-0.1, -0.05) is 24.3 Å². The van der Waals surface area contributed by atoms with E-state index in [1.807, 2.05) is 0 Å². The van der Waals surface area contributed by atoms with Crippen LogP contribution in [0.2, 0.25) is 0 Å². The molecular formula is C18H17NO4S. The van der Waals surface area contributed by atoms with E-state index in [1.54, 1.807) is 37.3 Å². The number of benzene rings is 2. The summed E-state index contributed by atoms with van der Waals surface area (Å²) in [6.45, 7) is 3.28. The molecule has 1 aliphatic rings. The van der Waals surface area contributed by atoms with Crippen LogP contribution in [0.15, 0.2) is 47.4 Å². The summed E-state index contributed by atoms with van der Waals surface area (Å²) in [5, 5.41) is 0. The van der Waals surface area contributed by atoms with Crippen LogP contribution in [-0.2, 0) is 10.0 Å². The Kier molecular flexibility index (Phi) is 4.01. The van der Waals surface area contributed by atoms with Gasteiger partial charge in [0.2, 0.25) is 0 Å². The highest BCUT2D eigenvalue weighted by molar-refractivity contribution is 7.92. The fraction of sp³-hybridized carbons (Fsp3) is 0.222. The standard InChI is InChI=1S/C18H17NO4S/c1-12-5-3-8-16-17(21)9-10-19(18(12)16)24(22,23)15-7-4-6-14(11-15)13(2)20/h3-8,11H,9-10H2,1-2H3. The number of hydrogen-bond acceptors (Lipinski definition) is 4. The highest BCUT2D eigenvalue weighted by Crippen LogP contribution is 2.34. The molecule has 0 bridgehead atoms. The Morgan fingerprint density at radius 3 is 2.54 bits per heavy atom. The SMILES string of the molecule is CC(=O)c1cccc(S(=O)(=O)N2CCC(=O)c3cccc(C)c32)c1. The van der Waals surface area contributed by atoms with Crippen LogP contribution in [0.4, 0.5) is 5.69 Å². The number of ketones is 2. The number of sulfonamides is 1. The van der Waals surface area contributed by atoms with Crippen molar-refractivity contribution in [3.05, 3.63) is 59.2 Å². The zero-order valence-electron chi connectivity index (χ0n) is 13.4. The Hall–Kier alpha value is -2.47. The zero-order chi connectivity index (χ0) is 17.5. The summed E-state index contributed by atoms with van der Waals surface area (Å²) in [6.07, 6.45) is 0.141. The maximum absolute atomic E-state index is 13.1. The first-order valence-corrected chi connectivity index (χ1v) is 9.03. The molecule has 3 rings (SSSR count). The van der Waals surface area contributed by atoms with Crippen LogP contribution in [0.3, 0.4) is 0 Å². The van der Waals surface area contributed by atoms with Crippen LogP contribution in [0.1, 0.15) is 39.6 Å². The Balaban J connectivity index is 2.16. The Morgan fingerprint density at radius 1 is 1.12 bits per heavy atom. The molecule has 0 aliphatic carbocycles. The number of carbonyl (C=O) groups excluding carboxylic acids is 2. The summed E-state index contributed by atoms with van der Waals surface area (Å²) < 4.78 is 27.5. The van der Waals surface area contributed by atoms with E-state index in [4.69, 9.17) is 0 Å². The maximum atomic E-state index is 13.1. The van der Waals surface area contributed by atoms with E-state index in [0.717, 1.165) is 5.56 Å².